The van der Waals surface area contributed by atoms with Gasteiger partial charge in [0.2, 0.25) is 0 Å². The van der Waals surface area contributed by atoms with Gasteiger partial charge in [0.25, 0.3) is 5.91 Å². The molecule has 2 saturated heterocycles. The summed E-state index contributed by atoms with van der Waals surface area (Å²) in [4.78, 5) is 25.2. The summed E-state index contributed by atoms with van der Waals surface area (Å²) in [5.74, 6) is -0.680. The highest BCUT2D eigenvalue weighted by Crippen LogP contribution is 2.22. The van der Waals surface area contributed by atoms with Crippen LogP contribution in [0.2, 0.25) is 0 Å². The first-order valence-electron chi connectivity index (χ1n) is 12.4. The summed E-state index contributed by atoms with van der Waals surface area (Å²) in [5.41, 5.74) is 14.6. The monoisotopic (exact) mass is 472 g/mol. The number of rotatable bonds is 8. The van der Waals surface area contributed by atoms with E-state index in [4.69, 9.17) is 4.74 Å². The van der Waals surface area contributed by atoms with Gasteiger partial charge in [-0.1, -0.05) is 72.8 Å². The van der Waals surface area contributed by atoms with Gasteiger partial charge in [0, 0.05) is 18.5 Å². The predicted molar refractivity (Wildman–Crippen MR) is 135 cm³/mol. The molecule has 5 rings (SSSR count). The van der Waals surface area contributed by atoms with E-state index >= 15 is 0 Å². The highest BCUT2D eigenvalue weighted by atomic mass is 16.6. The van der Waals surface area contributed by atoms with Crippen molar-refractivity contribution in [1.82, 2.24) is 21.7 Å². The van der Waals surface area contributed by atoms with Crippen LogP contribution in [0.25, 0.3) is 10.8 Å². The molecule has 4 unspecified atom stereocenters. The van der Waals surface area contributed by atoms with Crippen molar-refractivity contribution >= 4 is 22.6 Å². The van der Waals surface area contributed by atoms with Crippen molar-refractivity contribution in [2.24, 2.45) is 0 Å². The second-order valence-electron chi connectivity index (χ2n) is 9.47. The normalized spacial score (nSPS) is 24.3. The van der Waals surface area contributed by atoms with Crippen LogP contribution in [0.5, 0.6) is 0 Å². The molecule has 0 saturated carbocycles. The van der Waals surface area contributed by atoms with E-state index in [1.54, 1.807) is 0 Å². The minimum Gasteiger partial charge on any atom is -0.451 e. The Hall–Kier alpha value is -3.26. The molecule has 4 atom stereocenters. The Bertz CT molecular complexity index is 1160. The number of hydrogen-bond donors (Lipinski definition) is 4. The fourth-order valence-corrected chi connectivity index (χ4v) is 4.98. The van der Waals surface area contributed by atoms with Crippen LogP contribution in [0.1, 0.15) is 36.8 Å². The first kappa shape index (κ1) is 23.5. The molecular formula is C28H32N4O3. The summed E-state index contributed by atoms with van der Waals surface area (Å²) < 4.78 is 5.66. The molecule has 4 N–H and O–H groups in total. The summed E-state index contributed by atoms with van der Waals surface area (Å²) >= 11 is 0. The standard InChI is InChI=1S/C28H32N4O3/c33-27-26(35-28(34)25-17-22(29-31-25)15-13-19-7-2-1-3-8-19)18-23(30-32-27)16-14-21-11-6-10-20-9-4-5-12-24(20)21/h1-12,22-23,25-26,29-31H,13-18H2,(H,32,33). The molecule has 2 fully saturated rings. The van der Waals surface area contributed by atoms with Crippen LogP contribution in [-0.2, 0) is 27.2 Å². The van der Waals surface area contributed by atoms with Crippen molar-refractivity contribution in [2.75, 3.05) is 0 Å². The summed E-state index contributed by atoms with van der Waals surface area (Å²) in [6.45, 7) is 0. The molecule has 182 valence electrons. The van der Waals surface area contributed by atoms with E-state index in [1.165, 1.54) is 21.9 Å². The van der Waals surface area contributed by atoms with Gasteiger partial charge < -0.3 is 4.74 Å². The third-order valence-corrected chi connectivity index (χ3v) is 6.98. The molecule has 0 aromatic heterocycles. The van der Waals surface area contributed by atoms with Gasteiger partial charge >= 0.3 is 5.97 Å². The van der Waals surface area contributed by atoms with E-state index in [9.17, 15) is 9.59 Å². The number of nitrogens with one attached hydrogen (secondary N) is 4. The van der Waals surface area contributed by atoms with Crippen LogP contribution in [0.4, 0.5) is 0 Å². The zero-order valence-electron chi connectivity index (χ0n) is 19.7. The number of hydrogen-bond acceptors (Lipinski definition) is 6. The predicted octanol–water partition coefficient (Wildman–Crippen LogP) is 2.95. The lowest BCUT2D eigenvalue weighted by molar-refractivity contribution is -0.160. The third kappa shape index (κ3) is 5.88. The molecule has 0 bridgehead atoms. The Morgan fingerprint density at radius 2 is 1.54 bits per heavy atom. The number of ether oxygens (including phenoxy) is 1. The summed E-state index contributed by atoms with van der Waals surface area (Å²) in [6, 6.07) is 24.8. The fourth-order valence-electron chi connectivity index (χ4n) is 4.98. The molecule has 0 aliphatic carbocycles. The summed E-state index contributed by atoms with van der Waals surface area (Å²) in [5, 5.41) is 2.47. The van der Waals surface area contributed by atoms with Gasteiger partial charge in [0.15, 0.2) is 6.10 Å². The first-order valence-corrected chi connectivity index (χ1v) is 12.4. The molecule has 0 radical (unpaired) electrons. The number of aryl methyl sites for hydroxylation is 2. The van der Waals surface area contributed by atoms with Crippen molar-refractivity contribution in [1.29, 1.82) is 0 Å². The Morgan fingerprint density at radius 1 is 0.800 bits per heavy atom. The lowest BCUT2D eigenvalue weighted by Gasteiger charge is -2.30. The maximum absolute atomic E-state index is 12.8. The lowest BCUT2D eigenvalue weighted by atomic mass is 9.96. The molecule has 2 aliphatic heterocycles. The average molecular weight is 473 g/mol. The van der Waals surface area contributed by atoms with Crippen molar-refractivity contribution in [3.05, 3.63) is 83.9 Å². The van der Waals surface area contributed by atoms with Crippen LogP contribution in [0.15, 0.2) is 72.8 Å². The Labute approximate surface area is 205 Å². The molecule has 0 spiro atoms. The Kier molecular flexibility index (Phi) is 7.37. The number of esters is 1. The van der Waals surface area contributed by atoms with Gasteiger partial charge in [-0.3, -0.25) is 20.4 Å². The van der Waals surface area contributed by atoms with Crippen molar-refractivity contribution in [2.45, 2.75) is 62.8 Å². The number of hydrazine groups is 2. The molecule has 2 aliphatic rings. The van der Waals surface area contributed by atoms with E-state index in [1.807, 2.05) is 24.3 Å². The lowest BCUT2D eigenvalue weighted by Crippen LogP contribution is -2.57. The minimum atomic E-state index is -0.786. The molecule has 3 aromatic rings. The van der Waals surface area contributed by atoms with Crippen LogP contribution in [0, 0.1) is 0 Å². The molecular weight excluding hydrogens is 440 g/mol. The van der Waals surface area contributed by atoms with E-state index in [0.29, 0.717) is 12.8 Å². The summed E-state index contributed by atoms with van der Waals surface area (Å²) in [7, 11) is 0. The van der Waals surface area contributed by atoms with Crippen molar-refractivity contribution < 1.29 is 14.3 Å². The van der Waals surface area contributed by atoms with Gasteiger partial charge in [-0.05, 0) is 54.0 Å². The molecule has 3 aromatic carbocycles. The average Bonchev–Trinajstić information content (AvgIpc) is 3.38. The van der Waals surface area contributed by atoms with Gasteiger partial charge in [0.05, 0.1) is 0 Å². The molecule has 35 heavy (non-hydrogen) atoms. The van der Waals surface area contributed by atoms with Crippen LogP contribution in [-0.4, -0.2) is 36.1 Å². The molecule has 7 heteroatoms. The smallest absolute Gasteiger partial charge is 0.325 e. The number of benzene rings is 3. The Morgan fingerprint density at radius 3 is 2.43 bits per heavy atom. The highest BCUT2D eigenvalue weighted by Gasteiger charge is 2.36. The maximum Gasteiger partial charge on any atom is 0.325 e. The number of carbonyl (C=O) groups is 2. The van der Waals surface area contributed by atoms with E-state index in [2.05, 4.69) is 70.2 Å². The van der Waals surface area contributed by atoms with Crippen LogP contribution < -0.4 is 21.7 Å². The number of amides is 1. The zero-order chi connectivity index (χ0) is 24.0. The maximum atomic E-state index is 12.8. The van der Waals surface area contributed by atoms with Crippen molar-refractivity contribution in [3.8, 4) is 0 Å². The van der Waals surface area contributed by atoms with E-state index in [0.717, 1.165) is 25.7 Å². The molecule has 2 heterocycles. The number of carbonyl (C=O) groups excluding carboxylic acids is 2. The fraction of sp³-hybridized carbons (Fsp3) is 0.357. The number of fused-ring (bicyclic) bond motifs is 1. The van der Waals surface area contributed by atoms with E-state index < -0.39 is 12.1 Å². The van der Waals surface area contributed by atoms with Crippen molar-refractivity contribution in [3.63, 3.8) is 0 Å². The first-order chi connectivity index (χ1) is 17.2. The summed E-state index contributed by atoms with van der Waals surface area (Å²) in [6.07, 6.45) is 3.87. The Balaban J connectivity index is 1.11. The topological polar surface area (TPSA) is 91.5 Å². The van der Waals surface area contributed by atoms with Gasteiger partial charge in [-0.25, -0.2) is 10.9 Å². The highest BCUT2D eigenvalue weighted by molar-refractivity contribution is 5.86. The largest absolute Gasteiger partial charge is 0.451 e. The second-order valence-corrected chi connectivity index (χ2v) is 9.47. The van der Waals surface area contributed by atoms with E-state index in [-0.39, 0.29) is 24.0 Å². The quantitative estimate of drug-likeness (QED) is 0.377. The van der Waals surface area contributed by atoms with Gasteiger partial charge in [-0.2, -0.15) is 0 Å². The molecule has 7 nitrogen and oxygen atoms in total. The minimum absolute atomic E-state index is 0.0257. The molecule has 1 amide bonds. The zero-order valence-corrected chi connectivity index (χ0v) is 19.7. The third-order valence-electron chi connectivity index (χ3n) is 6.98. The second kappa shape index (κ2) is 11.0. The van der Waals surface area contributed by atoms with Crippen LogP contribution >= 0.6 is 0 Å². The van der Waals surface area contributed by atoms with Crippen LogP contribution in [0.3, 0.4) is 0 Å². The van der Waals surface area contributed by atoms with Gasteiger partial charge in [0.1, 0.15) is 6.04 Å². The van der Waals surface area contributed by atoms with Gasteiger partial charge in [-0.15, -0.1) is 0 Å². The SMILES string of the molecule is O=C(OC1CC(CCc2cccc3ccccc23)NNC1=O)C1CC(CCc2ccccc2)NN1.